The van der Waals surface area contributed by atoms with Gasteiger partial charge in [0.1, 0.15) is 11.6 Å². The molecule has 0 aromatic carbocycles. The average molecular weight is 340 g/mol. The van der Waals surface area contributed by atoms with Gasteiger partial charge >= 0.3 is 0 Å². The van der Waals surface area contributed by atoms with Gasteiger partial charge in [0, 0.05) is 55.2 Å². The summed E-state index contributed by atoms with van der Waals surface area (Å²) < 4.78 is 0. The molecule has 1 saturated carbocycles. The average Bonchev–Trinajstić information content (AvgIpc) is 3.34. The Morgan fingerprint density at radius 1 is 0.960 bits per heavy atom. The number of likely N-dealkylation sites (tertiary alicyclic amines) is 1. The fourth-order valence-corrected chi connectivity index (χ4v) is 5.57. The van der Waals surface area contributed by atoms with Gasteiger partial charge in [0.25, 0.3) is 0 Å². The van der Waals surface area contributed by atoms with E-state index >= 15 is 0 Å². The molecule has 2 atom stereocenters. The molecule has 3 fully saturated rings. The Bertz CT molecular complexity index is 683. The van der Waals surface area contributed by atoms with Gasteiger partial charge in [-0.3, -0.25) is 4.79 Å². The van der Waals surface area contributed by atoms with Crippen molar-refractivity contribution in [1.82, 2.24) is 14.9 Å². The van der Waals surface area contributed by atoms with Gasteiger partial charge in [0.2, 0.25) is 5.91 Å². The topological polar surface area (TPSA) is 49.3 Å². The van der Waals surface area contributed by atoms with Crippen LogP contribution in [0.2, 0.25) is 0 Å². The van der Waals surface area contributed by atoms with Crippen LogP contribution in [0, 0.1) is 24.7 Å². The van der Waals surface area contributed by atoms with Crippen LogP contribution >= 0.6 is 0 Å². The Hall–Kier alpha value is -1.65. The first kappa shape index (κ1) is 15.6. The number of rotatable bonds is 2. The van der Waals surface area contributed by atoms with E-state index in [1.807, 2.05) is 6.92 Å². The molecule has 5 nitrogen and oxygen atoms in total. The van der Waals surface area contributed by atoms with Crippen LogP contribution in [0.4, 0.5) is 5.82 Å². The minimum atomic E-state index is 0.322. The molecule has 134 valence electrons. The molecule has 4 aliphatic rings. The molecule has 0 radical (unpaired) electrons. The molecule has 3 heterocycles. The second-order valence-corrected chi connectivity index (χ2v) is 8.52. The minimum Gasteiger partial charge on any atom is -0.356 e. The molecule has 2 saturated heterocycles. The molecule has 25 heavy (non-hydrogen) atoms. The van der Waals surface area contributed by atoms with Gasteiger partial charge in [-0.2, -0.15) is 0 Å². The number of aryl methyl sites for hydroxylation is 2. The van der Waals surface area contributed by atoms with Gasteiger partial charge in [-0.15, -0.1) is 0 Å². The van der Waals surface area contributed by atoms with Crippen LogP contribution in [0.1, 0.15) is 49.2 Å². The summed E-state index contributed by atoms with van der Waals surface area (Å²) in [6.07, 6.45) is 8.16. The van der Waals surface area contributed by atoms with Crippen molar-refractivity contribution in [1.29, 1.82) is 0 Å². The van der Waals surface area contributed by atoms with Crippen LogP contribution < -0.4 is 4.90 Å². The van der Waals surface area contributed by atoms with E-state index in [0.29, 0.717) is 23.7 Å². The molecule has 0 spiro atoms. The second-order valence-electron chi connectivity index (χ2n) is 8.52. The van der Waals surface area contributed by atoms with Crippen LogP contribution in [0.15, 0.2) is 0 Å². The van der Waals surface area contributed by atoms with Gasteiger partial charge in [0.15, 0.2) is 0 Å². The Labute approximate surface area is 149 Å². The quantitative estimate of drug-likeness (QED) is 0.829. The van der Waals surface area contributed by atoms with E-state index in [0.717, 1.165) is 57.7 Å². The highest BCUT2D eigenvalue weighted by atomic mass is 16.2. The molecule has 2 aliphatic carbocycles. The number of aromatic nitrogens is 2. The SMILES string of the molecule is Cc1nc2c(c(N3CC4CN(C(=O)C5CCCC5)CC4C3)n1)CCC2. The highest BCUT2D eigenvalue weighted by Crippen LogP contribution is 2.38. The first-order valence-corrected chi connectivity index (χ1v) is 10.1. The van der Waals surface area contributed by atoms with E-state index in [1.165, 1.54) is 36.3 Å². The normalized spacial score (nSPS) is 28.7. The van der Waals surface area contributed by atoms with Crippen LogP contribution in [0.3, 0.4) is 0 Å². The van der Waals surface area contributed by atoms with Crippen LogP contribution in [-0.2, 0) is 17.6 Å². The number of amides is 1. The maximum absolute atomic E-state index is 12.7. The summed E-state index contributed by atoms with van der Waals surface area (Å²) in [6.45, 7) is 6.05. The summed E-state index contributed by atoms with van der Waals surface area (Å²) in [7, 11) is 0. The first-order valence-electron chi connectivity index (χ1n) is 10.1. The maximum atomic E-state index is 12.7. The molecule has 0 N–H and O–H groups in total. The maximum Gasteiger partial charge on any atom is 0.225 e. The van der Waals surface area contributed by atoms with Crippen LogP contribution in [0.5, 0.6) is 0 Å². The number of nitrogens with zero attached hydrogens (tertiary/aromatic N) is 4. The molecule has 1 aromatic heterocycles. The van der Waals surface area contributed by atoms with E-state index in [9.17, 15) is 4.79 Å². The summed E-state index contributed by atoms with van der Waals surface area (Å²) in [4.78, 5) is 26.8. The fourth-order valence-electron chi connectivity index (χ4n) is 5.57. The van der Waals surface area contributed by atoms with Gasteiger partial charge in [-0.25, -0.2) is 9.97 Å². The first-order chi connectivity index (χ1) is 12.2. The summed E-state index contributed by atoms with van der Waals surface area (Å²) in [5, 5.41) is 0. The molecule has 0 bridgehead atoms. The lowest BCUT2D eigenvalue weighted by Crippen LogP contribution is -2.36. The largest absolute Gasteiger partial charge is 0.356 e. The lowest BCUT2D eigenvalue weighted by atomic mass is 10.0. The number of anilines is 1. The third-order valence-corrected chi connectivity index (χ3v) is 6.82. The molecule has 5 rings (SSSR count). The molecular formula is C20H28N4O. The highest BCUT2D eigenvalue weighted by molar-refractivity contribution is 5.79. The number of carbonyl (C=O) groups is 1. The van der Waals surface area contributed by atoms with Gasteiger partial charge < -0.3 is 9.80 Å². The standard InChI is InChI=1S/C20H28N4O/c1-13-21-18-8-4-7-17(18)19(22-13)23-9-15-11-24(12-16(15)10-23)20(25)14-5-2-3-6-14/h14-16H,2-12H2,1H3. The van der Waals surface area contributed by atoms with Crippen LogP contribution in [0.25, 0.3) is 0 Å². The number of hydrogen-bond donors (Lipinski definition) is 0. The predicted molar refractivity (Wildman–Crippen MR) is 96.5 cm³/mol. The Morgan fingerprint density at radius 3 is 2.40 bits per heavy atom. The van der Waals surface area contributed by atoms with Crippen molar-refractivity contribution in [3.63, 3.8) is 0 Å². The third-order valence-electron chi connectivity index (χ3n) is 6.82. The predicted octanol–water partition coefficient (Wildman–Crippen LogP) is 2.36. The monoisotopic (exact) mass is 340 g/mol. The zero-order chi connectivity index (χ0) is 17.0. The van der Waals surface area contributed by atoms with Crippen molar-refractivity contribution in [2.24, 2.45) is 17.8 Å². The molecule has 1 amide bonds. The number of hydrogen-bond acceptors (Lipinski definition) is 4. The lowest BCUT2D eigenvalue weighted by Gasteiger charge is -2.25. The summed E-state index contributed by atoms with van der Waals surface area (Å²) in [5.74, 6) is 4.11. The molecule has 1 aromatic rings. The summed E-state index contributed by atoms with van der Waals surface area (Å²) >= 11 is 0. The van der Waals surface area contributed by atoms with E-state index in [2.05, 4.69) is 14.8 Å². The van der Waals surface area contributed by atoms with Gasteiger partial charge in [-0.1, -0.05) is 12.8 Å². The number of carbonyl (C=O) groups excluding carboxylic acids is 1. The van der Waals surface area contributed by atoms with Crippen molar-refractivity contribution < 1.29 is 4.79 Å². The molecule has 5 heteroatoms. The summed E-state index contributed by atoms with van der Waals surface area (Å²) in [6, 6.07) is 0. The Morgan fingerprint density at radius 2 is 1.68 bits per heavy atom. The van der Waals surface area contributed by atoms with Crippen molar-refractivity contribution in [3.05, 3.63) is 17.1 Å². The van der Waals surface area contributed by atoms with E-state index in [1.54, 1.807) is 0 Å². The van der Waals surface area contributed by atoms with E-state index in [-0.39, 0.29) is 0 Å². The van der Waals surface area contributed by atoms with Crippen molar-refractivity contribution in [2.75, 3.05) is 31.1 Å². The van der Waals surface area contributed by atoms with E-state index < -0.39 is 0 Å². The van der Waals surface area contributed by atoms with Crippen molar-refractivity contribution >= 4 is 11.7 Å². The zero-order valence-electron chi connectivity index (χ0n) is 15.2. The van der Waals surface area contributed by atoms with Crippen molar-refractivity contribution in [3.8, 4) is 0 Å². The Balaban J connectivity index is 1.29. The molecule has 2 unspecified atom stereocenters. The van der Waals surface area contributed by atoms with Gasteiger partial charge in [0.05, 0.1) is 0 Å². The van der Waals surface area contributed by atoms with Crippen LogP contribution in [-0.4, -0.2) is 47.0 Å². The number of fused-ring (bicyclic) bond motifs is 2. The smallest absolute Gasteiger partial charge is 0.225 e. The highest BCUT2D eigenvalue weighted by Gasteiger charge is 2.44. The molecular weight excluding hydrogens is 312 g/mol. The molecule has 2 aliphatic heterocycles. The summed E-state index contributed by atoms with van der Waals surface area (Å²) in [5.41, 5.74) is 2.67. The van der Waals surface area contributed by atoms with E-state index in [4.69, 9.17) is 4.98 Å². The van der Waals surface area contributed by atoms with Gasteiger partial charge in [-0.05, 0) is 39.0 Å². The fraction of sp³-hybridized carbons (Fsp3) is 0.750. The minimum absolute atomic E-state index is 0.322. The second kappa shape index (κ2) is 5.96. The lowest BCUT2D eigenvalue weighted by molar-refractivity contribution is -0.134. The zero-order valence-corrected chi connectivity index (χ0v) is 15.2. The van der Waals surface area contributed by atoms with Crippen molar-refractivity contribution in [2.45, 2.75) is 51.9 Å². The Kier molecular flexibility index (Phi) is 3.72. The third kappa shape index (κ3) is 2.63.